The summed E-state index contributed by atoms with van der Waals surface area (Å²) in [6.07, 6.45) is 1.67. The topological polar surface area (TPSA) is 76.0 Å². The molecule has 30 heavy (non-hydrogen) atoms. The predicted molar refractivity (Wildman–Crippen MR) is 115 cm³/mol. The van der Waals surface area contributed by atoms with Crippen molar-refractivity contribution in [2.24, 2.45) is 0 Å². The first-order valence-electron chi connectivity index (χ1n) is 9.50. The molecular formula is C24H20N4O2. The summed E-state index contributed by atoms with van der Waals surface area (Å²) in [5.41, 5.74) is 9.01. The van der Waals surface area contributed by atoms with Crippen molar-refractivity contribution < 1.29 is 9.59 Å². The second-order valence-corrected chi connectivity index (χ2v) is 6.76. The highest BCUT2D eigenvalue weighted by atomic mass is 16.2. The monoisotopic (exact) mass is 396 g/mol. The maximum Gasteiger partial charge on any atom is 0.273 e. The van der Waals surface area contributed by atoms with Crippen LogP contribution in [0.1, 0.15) is 26.3 Å². The number of carbonyl (C=O) groups is 2. The van der Waals surface area contributed by atoms with Crippen LogP contribution in [0.3, 0.4) is 0 Å². The molecule has 6 heteroatoms. The van der Waals surface area contributed by atoms with Gasteiger partial charge < -0.3 is 0 Å². The lowest BCUT2D eigenvalue weighted by Crippen LogP contribution is -2.41. The number of rotatable bonds is 4. The molecule has 1 aromatic heterocycles. The number of nitrogens with one attached hydrogen (secondary N) is 2. The van der Waals surface area contributed by atoms with E-state index in [0.29, 0.717) is 16.8 Å². The summed E-state index contributed by atoms with van der Waals surface area (Å²) in [6.45, 7) is 1.97. The summed E-state index contributed by atoms with van der Waals surface area (Å²) in [6, 6.07) is 26.0. The molecule has 0 spiro atoms. The number of nitrogens with zero attached hydrogens (tertiary/aromatic N) is 2. The van der Waals surface area contributed by atoms with E-state index in [4.69, 9.17) is 0 Å². The number of hydrogen-bond acceptors (Lipinski definition) is 3. The lowest BCUT2D eigenvalue weighted by Gasteiger charge is -2.08. The Hall–Kier alpha value is -4.19. The van der Waals surface area contributed by atoms with Gasteiger partial charge in [0.2, 0.25) is 0 Å². The highest BCUT2D eigenvalue weighted by Crippen LogP contribution is 2.26. The quantitative estimate of drug-likeness (QED) is 0.513. The largest absolute Gasteiger partial charge is 0.273 e. The van der Waals surface area contributed by atoms with E-state index >= 15 is 0 Å². The molecule has 3 aromatic carbocycles. The lowest BCUT2D eigenvalue weighted by atomic mass is 10.0. The molecule has 6 nitrogen and oxygen atoms in total. The molecule has 0 saturated heterocycles. The first kappa shape index (κ1) is 19.1. The smallest absolute Gasteiger partial charge is 0.267 e. The molecule has 0 aliphatic rings. The Morgan fingerprint density at radius 2 is 1.37 bits per heavy atom. The molecule has 148 valence electrons. The van der Waals surface area contributed by atoms with Gasteiger partial charge in [-0.1, -0.05) is 60.7 Å². The summed E-state index contributed by atoms with van der Waals surface area (Å²) < 4.78 is 1.66. The number of carbonyl (C=O) groups excluding carboxylic acids is 2. The van der Waals surface area contributed by atoms with Gasteiger partial charge in [-0.2, -0.15) is 5.10 Å². The van der Waals surface area contributed by atoms with E-state index in [9.17, 15) is 9.59 Å². The van der Waals surface area contributed by atoms with Crippen molar-refractivity contribution in [3.63, 3.8) is 0 Å². The van der Waals surface area contributed by atoms with Gasteiger partial charge in [0, 0.05) is 17.3 Å². The van der Waals surface area contributed by atoms with Crippen molar-refractivity contribution in [3.8, 4) is 16.9 Å². The van der Waals surface area contributed by atoms with E-state index in [1.807, 2.05) is 67.6 Å². The van der Waals surface area contributed by atoms with Gasteiger partial charge in [-0.25, -0.2) is 4.68 Å². The molecule has 0 atom stereocenters. The van der Waals surface area contributed by atoms with E-state index < -0.39 is 11.8 Å². The number of aryl methyl sites for hydroxylation is 1. The van der Waals surface area contributed by atoms with Gasteiger partial charge in [0.15, 0.2) is 0 Å². The van der Waals surface area contributed by atoms with Crippen LogP contribution in [0.4, 0.5) is 0 Å². The van der Waals surface area contributed by atoms with Crippen LogP contribution in [0.2, 0.25) is 0 Å². The Labute approximate surface area is 174 Å². The predicted octanol–water partition coefficient (Wildman–Crippen LogP) is 3.92. The maximum absolute atomic E-state index is 13.0. The van der Waals surface area contributed by atoms with Crippen molar-refractivity contribution in [1.29, 1.82) is 0 Å². The Bertz CT molecular complexity index is 1180. The summed E-state index contributed by atoms with van der Waals surface area (Å²) >= 11 is 0. The van der Waals surface area contributed by atoms with Gasteiger partial charge in [0.05, 0.1) is 11.3 Å². The van der Waals surface area contributed by atoms with Crippen molar-refractivity contribution in [3.05, 3.63) is 108 Å². The van der Waals surface area contributed by atoms with Crippen LogP contribution < -0.4 is 10.9 Å². The van der Waals surface area contributed by atoms with E-state index in [1.54, 1.807) is 35.1 Å². The number of hydrazine groups is 1. The summed E-state index contributed by atoms with van der Waals surface area (Å²) in [4.78, 5) is 25.2. The van der Waals surface area contributed by atoms with Crippen molar-refractivity contribution in [2.75, 3.05) is 0 Å². The second kappa shape index (κ2) is 8.45. The van der Waals surface area contributed by atoms with Crippen LogP contribution in [-0.4, -0.2) is 21.6 Å². The fourth-order valence-electron chi connectivity index (χ4n) is 3.13. The fraction of sp³-hybridized carbons (Fsp3) is 0.0417. The van der Waals surface area contributed by atoms with Gasteiger partial charge in [0.25, 0.3) is 11.8 Å². The van der Waals surface area contributed by atoms with Crippen LogP contribution >= 0.6 is 0 Å². The maximum atomic E-state index is 13.0. The standard InChI is InChI=1S/C24H20N4O2/c1-17-10-8-9-15-20(17)22-21(16-28(27-22)19-13-6-3-7-14-19)24(30)26-25-23(29)18-11-4-2-5-12-18/h2-16H,1H3,(H,25,29)(H,26,30). The minimum absolute atomic E-state index is 0.363. The first-order chi connectivity index (χ1) is 14.6. The molecule has 0 radical (unpaired) electrons. The van der Waals surface area contributed by atoms with Crippen molar-refractivity contribution >= 4 is 11.8 Å². The third kappa shape index (κ3) is 3.98. The average molecular weight is 396 g/mol. The molecule has 0 unspecified atom stereocenters. The minimum Gasteiger partial charge on any atom is -0.267 e. The van der Waals surface area contributed by atoms with Crippen molar-refractivity contribution in [2.45, 2.75) is 6.92 Å². The zero-order valence-corrected chi connectivity index (χ0v) is 16.4. The SMILES string of the molecule is Cc1ccccc1-c1nn(-c2ccccc2)cc1C(=O)NNC(=O)c1ccccc1. The lowest BCUT2D eigenvalue weighted by molar-refractivity contribution is 0.0847. The molecule has 1 heterocycles. The van der Waals surface area contributed by atoms with Crippen LogP contribution in [-0.2, 0) is 0 Å². The molecule has 4 rings (SSSR count). The molecule has 4 aromatic rings. The second-order valence-electron chi connectivity index (χ2n) is 6.76. The highest BCUT2D eigenvalue weighted by Gasteiger charge is 2.20. The first-order valence-corrected chi connectivity index (χ1v) is 9.50. The Morgan fingerprint density at radius 1 is 0.767 bits per heavy atom. The van der Waals surface area contributed by atoms with Gasteiger partial charge in [-0.05, 0) is 36.8 Å². The Balaban J connectivity index is 1.65. The molecule has 0 aliphatic heterocycles. The average Bonchev–Trinajstić information content (AvgIpc) is 3.24. The summed E-state index contributed by atoms with van der Waals surface area (Å²) in [5.74, 6) is -0.837. The molecule has 0 saturated carbocycles. The van der Waals surface area contributed by atoms with E-state index in [0.717, 1.165) is 16.8 Å². The number of amides is 2. The van der Waals surface area contributed by atoms with Crippen LogP contribution in [0.15, 0.2) is 91.1 Å². The van der Waals surface area contributed by atoms with Gasteiger partial charge in [-0.3, -0.25) is 20.4 Å². The van der Waals surface area contributed by atoms with Crippen molar-refractivity contribution in [1.82, 2.24) is 20.6 Å². The Morgan fingerprint density at radius 3 is 2.07 bits per heavy atom. The normalized spacial score (nSPS) is 10.4. The molecule has 2 amide bonds. The summed E-state index contributed by atoms with van der Waals surface area (Å²) in [5, 5.41) is 4.66. The minimum atomic E-state index is -0.445. The van der Waals surface area contributed by atoms with E-state index in [2.05, 4.69) is 16.0 Å². The fourth-order valence-corrected chi connectivity index (χ4v) is 3.13. The Kier molecular flexibility index (Phi) is 5.39. The van der Waals surface area contributed by atoms with Gasteiger partial charge >= 0.3 is 0 Å². The number of aromatic nitrogens is 2. The molecule has 2 N–H and O–H groups in total. The van der Waals surface area contributed by atoms with Crippen LogP contribution in [0.25, 0.3) is 16.9 Å². The number of hydrogen-bond donors (Lipinski definition) is 2. The third-order valence-corrected chi connectivity index (χ3v) is 4.71. The number of benzene rings is 3. The van der Waals surface area contributed by atoms with Gasteiger partial charge in [-0.15, -0.1) is 0 Å². The summed E-state index contributed by atoms with van der Waals surface area (Å²) in [7, 11) is 0. The van der Waals surface area contributed by atoms with Crippen LogP contribution in [0, 0.1) is 6.92 Å². The number of para-hydroxylation sites is 1. The molecule has 0 bridgehead atoms. The van der Waals surface area contributed by atoms with E-state index in [1.165, 1.54) is 0 Å². The highest BCUT2D eigenvalue weighted by molar-refractivity contribution is 6.02. The molecule has 0 aliphatic carbocycles. The molecular weight excluding hydrogens is 376 g/mol. The molecule has 0 fully saturated rings. The third-order valence-electron chi connectivity index (χ3n) is 4.71. The van der Waals surface area contributed by atoms with Gasteiger partial charge in [0.1, 0.15) is 5.69 Å². The zero-order valence-electron chi connectivity index (χ0n) is 16.4. The van der Waals surface area contributed by atoms with E-state index in [-0.39, 0.29) is 0 Å². The van der Waals surface area contributed by atoms with Crippen LogP contribution in [0.5, 0.6) is 0 Å². The zero-order chi connectivity index (χ0) is 20.9.